The summed E-state index contributed by atoms with van der Waals surface area (Å²) in [5.74, 6) is 0.834. The Morgan fingerprint density at radius 1 is 0.917 bits per heavy atom. The molecule has 0 unspecified atom stereocenters. The van der Waals surface area contributed by atoms with Crippen LogP contribution in [-0.2, 0) is 17.9 Å². The van der Waals surface area contributed by atoms with E-state index >= 15 is 0 Å². The minimum atomic E-state index is -0.00699. The van der Waals surface area contributed by atoms with Crippen molar-refractivity contribution in [2.45, 2.75) is 39.3 Å². The predicted molar refractivity (Wildman–Crippen MR) is 146 cm³/mol. The minimum absolute atomic E-state index is 0.00699. The first-order valence-corrected chi connectivity index (χ1v) is 12.9. The molecule has 1 aliphatic rings. The topological polar surface area (TPSA) is 63.1 Å². The number of hydrogen-bond acceptors (Lipinski definition) is 4. The molecule has 6 heteroatoms. The van der Waals surface area contributed by atoms with Crippen molar-refractivity contribution < 1.29 is 4.79 Å². The van der Waals surface area contributed by atoms with E-state index in [4.69, 9.17) is 9.97 Å². The van der Waals surface area contributed by atoms with Gasteiger partial charge in [0.1, 0.15) is 5.52 Å². The molecule has 1 amide bonds. The fourth-order valence-corrected chi connectivity index (χ4v) is 5.22. The van der Waals surface area contributed by atoms with E-state index in [0.29, 0.717) is 13.0 Å². The quantitative estimate of drug-likeness (QED) is 0.326. The van der Waals surface area contributed by atoms with Gasteiger partial charge in [0.05, 0.1) is 16.6 Å². The van der Waals surface area contributed by atoms with Gasteiger partial charge in [-0.05, 0) is 67.7 Å². The number of likely N-dealkylation sites (tertiary alicyclic amines) is 1. The maximum Gasteiger partial charge on any atom is 0.226 e. The number of nitrogens with zero attached hydrogens (tertiary/aromatic N) is 4. The van der Waals surface area contributed by atoms with Crippen LogP contribution in [0.3, 0.4) is 0 Å². The van der Waals surface area contributed by atoms with E-state index in [0.717, 1.165) is 51.3 Å². The van der Waals surface area contributed by atoms with Crippen molar-refractivity contribution in [3.8, 4) is 0 Å². The summed E-state index contributed by atoms with van der Waals surface area (Å²) in [6, 6.07) is 24.4. The number of aryl methyl sites for hydroxylation is 1. The summed E-state index contributed by atoms with van der Waals surface area (Å²) in [6.45, 7) is 6.19. The van der Waals surface area contributed by atoms with Gasteiger partial charge in [0.25, 0.3) is 0 Å². The van der Waals surface area contributed by atoms with Crippen molar-refractivity contribution in [2.24, 2.45) is 5.92 Å². The largest absolute Gasteiger partial charge is 0.326 e. The lowest BCUT2D eigenvalue weighted by Gasteiger charge is -2.30. The fraction of sp³-hybridized carbons (Fsp3) is 0.300. The van der Waals surface area contributed by atoms with Gasteiger partial charge in [-0.1, -0.05) is 49.4 Å². The van der Waals surface area contributed by atoms with Crippen LogP contribution >= 0.6 is 0 Å². The van der Waals surface area contributed by atoms with Crippen molar-refractivity contribution in [1.82, 2.24) is 19.4 Å². The SMILES string of the molecule is CC1CCN(Cc2ccc(NC(=O)CCn3c4ccccc4c4nc5ccccc5nc43)cc2)CC1. The first-order valence-electron chi connectivity index (χ1n) is 12.9. The molecule has 0 aliphatic carbocycles. The molecule has 6 nitrogen and oxygen atoms in total. The summed E-state index contributed by atoms with van der Waals surface area (Å²) < 4.78 is 2.12. The van der Waals surface area contributed by atoms with Crippen LogP contribution in [0.2, 0.25) is 0 Å². The smallest absolute Gasteiger partial charge is 0.226 e. The Morgan fingerprint density at radius 3 is 2.39 bits per heavy atom. The zero-order chi connectivity index (χ0) is 24.5. The molecular weight excluding hydrogens is 446 g/mol. The first kappa shape index (κ1) is 22.7. The van der Waals surface area contributed by atoms with Crippen molar-refractivity contribution in [3.63, 3.8) is 0 Å². The molecular formula is C30H31N5O. The number of piperidine rings is 1. The molecule has 2 aromatic heterocycles. The van der Waals surface area contributed by atoms with E-state index < -0.39 is 0 Å². The van der Waals surface area contributed by atoms with Gasteiger partial charge in [0.15, 0.2) is 5.65 Å². The molecule has 1 fully saturated rings. The number of nitrogens with one attached hydrogen (secondary N) is 1. The number of amides is 1. The van der Waals surface area contributed by atoms with Gasteiger partial charge in [0.2, 0.25) is 5.91 Å². The second-order valence-corrected chi connectivity index (χ2v) is 10.0. The molecule has 1 saturated heterocycles. The lowest BCUT2D eigenvalue weighted by atomic mass is 9.99. The third kappa shape index (κ3) is 4.56. The third-order valence-electron chi connectivity index (χ3n) is 7.34. The number of para-hydroxylation sites is 3. The van der Waals surface area contributed by atoms with E-state index in [1.807, 2.05) is 48.5 Å². The van der Waals surface area contributed by atoms with Crippen LogP contribution in [0.1, 0.15) is 31.7 Å². The van der Waals surface area contributed by atoms with Crippen LogP contribution < -0.4 is 5.32 Å². The Balaban J connectivity index is 1.15. The highest BCUT2D eigenvalue weighted by atomic mass is 16.1. The van der Waals surface area contributed by atoms with Gasteiger partial charge in [0, 0.05) is 30.6 Å². The number of carbonyl (C=O) groups is 1. The Labute approximate surface area is 211 Å². The van der Waals surface area contributed by atoms with E-state index in [1.165, 1.54) is 31.5 Å². The van der Waals surface area contributed by atoms with Crippen LogP contribution in [0, 0.1) is 5.92 Å². The standard InChI is InChI=1S/C30H31N5O/c1-21-14-17-34(18-15-21)20-22-10-12-23(13-11-22)31-28(36)16-19-35-27-9-5-2-6-24(27)29-30(35)33-26-8-4-3-7-25(26)32-29/h2-13,21H,14-20H2,1H3,(H,31,36). The average molecular weight is 478 g/mol. The molecule has 3 aromatic carbocycles. The lowest BCUT2D eigenvalue weighted by Crippen LogP contribution is -2.32. The van der Waals surface area contributed by atoms with Crippen molar-refractivity contribution in [1.29, 1.82) is 0 Å². The van der Waals surface area contributed by atoms with E-state index in [1.54, 1.807) is 0 Å². The van der Waals surface area contributed by atoms with E-state index in [-0.39, 0.29) is 5.91 Å². The molecule has 3 heterocycles. The van der Waals surface area contributed by atoms with Crippen LogP contribution in [0.5, 0.6) is 0 Å². The van der Waals surface area contributed by atoms with Gasteiger partial charge in [-0.2, -0.15) is 0 Å². The number of benzene rings is 3. The summed E-state index contributed by atoms with van der Waals surface area (Å²) >= 11 is 0. The number of carbonyl (C=O) groups excluding carboxylic acids is 1. The Bertz CT molecular complexity index is 1530. The zero-order valence-corrected chi connectivity index (χ0v) is 20.7. The van der Waals surface area contributed by atoms with E-state index in [9.17, 15) is 4.79 Å². The summed E-state index contributed by atoms with van der Waals surface area (Å²) in [6.07, 6.45) is 2.92. The highest BCUT2D eigenvalue weighted by molar-refractivity contribution is 6.06. The molecule has 0 bridgehead atoms. The van der Waals surface area contributed by atoms with Crippen molar-refractivity contribution in [3.05, 3.63) is 78.4 Å². The lowest BCUT2D eigenvalue weighted by molar-refractivity contribution is -0.116. The molecule has 6 rings (SSSR count). The summed E-state index contributed by atoms with van der Waals surface area (Å²) in [5, 5.41) is 4.12. The van der Waals surface area contributed by atoms with Gasteiger partial charge in [-0.15, -0.1) is 0 Å². The highest BCUT2D eigenvalue weighted by Crippen LogP contribution is 2.28. The number of rotatable bonds is 6. The summed E-state index contributed by atoms with van der Waals surface area (Å²) in [5.41, 5.74) is 6.61. The first-order chi connectivity index (χ1) is 17.6. The van der Waals surface area contributed by atoms with Gasteiger partial charge < -0.3 is 9.88 Å². The van der Waals surface area contributed by atoms with Gasteiger partial charge in [-0.25, -0.2) is 9.97 Å². The number of fused-ring (bicyclic) bond motifs is 4. The molecule has 0 atom stereocenters. The highest BCUT2D eigenvalue weighted by Gasteiger charge is 2.17. The zero-order valence-electron chi connectivity index (χ0n) is 20.7. The molecule has 5 aromatic rings. The summed E-state index contributed by atoms with van der Waals surface area (Å²) in [4.78, 5) is 25.2. The minimum Gasteiger partial charge on any atom is -0.326 e. The second-order valence-electron chi connectivity index (χ2n) is 10.0. The van der Waals surface area contributed by atoms with Crippen LogP contribution in [0.25, 0.3) is 33.1 Å². The number of aromatic nitrogens is 3. The third-order valence-corrected chi connectivity index (χ3v) is 7.34. The van der Waals surface area contributed by atoms with Crippen molar-refractivity contribution in [2.75, 3.05) is 18.4 Å². The van der Waals surface area contributed by atoms with Gasteiger partial charge >= 0.3 is 0 Å². The molecule has 0 spiro atoms. The Kier molecular flexibility index (Phi) is 6.11. The second kappa shape index (κ2) is 9.70. The van der Waals surface area contributed by atoms with E-state index in [2.05, 4.69) is 46.0 Å². The number of anilines is 1. The predicted octanol–water partition coefficient (Wildman–Crippen LogP) is 6.00. The number of hydrogen-bond donors (Lipinski definition) is 1. The molecule has 182 valence electrons. The summed E-state index contributed by atoms with van der Waals surface area (Å²) in [7, 11) is 0. The van der Waals surface area contributed by atoms with Crippen molar-refractivity contribution >= 4 is 44.7 Å². The molecule has 1 aliphatic heterocycles. The monoisotopic (exact) mass is 477 g/mol. The average Bonchev–Trinajstić information content (AvgIpc) is 3.21. The Hall–Kier alpha value is -3.77. The maximum atomic E-state index is 12.9. The molecule has 1 N–H and O–H groups in total. The van der Waals surface area contributed by atoms with Gasteiger partial charge in [-0.3, -0.25) is 9.69 Å². The molecule has 0 radical (unpaired) electrons. The fourth-order valence-electron chi connectivity index (χ4n) is 5.22. The molecule has 0 saturated carbocycles. The molecule has 36 heavy (non-hydrogen) atoms. The van der Waals surface area contributed by atoms with Crippen LogP contribution in [-0.4, -0.2) is 38.4 Å². The normalized spacial score (nSPS) is 15.1. The maximum absolute atomic E-state index is 12.9. The Morgan fingerprint density at radius 2 is 1.61 bits per heavy atom. The van der Waals surface area contributed by atoms with Crippen LogP contribution in [0.15, 0.2) is 72.8 Å². The van der Waals surface area contributed by atoms with Crippen LogP contribution in [0.4, 0.5) is 5.69 Å².